The smallest absolute Gasteiger partial charge is 0.430 e. The molecular formula is C30H34F6N6O4. The van der Waals surface area contributed by atoms with Crippen LogP contribution in [0.1, 0.15) is 78.1 Å². The number of aliphatic hydroxyl groups is 1. The normalized spacial score (nSPS) is 16.7. The van der Waals surface area contributed by atoms with Crippen molar-refractivity contribution >= 4 is 17.8 Å². The molecule has 5 rings (SSSR count). The topological polar surface area (TPSA) is 106 Å². The van der Waals surface area contributed by atoms with Crippen molar-refractivity contribution in [3.8, 4) is 0 Å². The number of carbonyl (C=O) groups excluding carboxylic acids is 1. The van der Waals surface area contributed by atoms with Gasteiger partial charge >= 0.3 is 18.5 Å². The summed E-state index contributed by atoms with van der Waals surface area (Å²) in [6.07, 6.45) is -8.30. The van der Waals surface area contributed by atoms with Gasteiger partial charge in [0.25, 0.3) is 5.95 Å². The van der Waals surface area contributed by atoms with Crippen LogP contribution in [0, 0.1) is 6.92 Å². The molecule has 1 aromatic heterocycles. The molecule has 0 unspecified atom stereocenters. The zero-order valence-corrected chi connectivity index (χ0v) is 25.5. The van der Waals surface area contributed by atoms with E-state index in [2.05, 4.69) is 15.4 Å². The molecule has 1 aliphatic heterocycles. The Labute approximate surface area is 260 Å². The summed E-state index contributed by atoms with van der Waals surface area (Å²) in [4.78, 5) is 21.0. The van der Waals surface area contributed by atoms with E-state index in [0.29, 0.717) is 42.6 Å². The van der Waals surface area contributed by atoms with Gasteiger partial charge in [-0.2, -0.15) is 31.1 Å². The fourth-order valence-electron chi connectivity index (χ4n) is 6.13. The number of halogens is 6. The molecule has 46 heavy (non-hydrogen) atoms. The van der Waals surface area contributed by atoms with E-state index in [4.69, 9.17) is 9.57 Å². The summed E-state index contributed by atoms with van der Waals surface area (Å²) in [5, 5.41) is 23.2. The maximum Gasteiger partial charge on any atom is 0.533 e. The van der Waals surface area contributed by atoms with Gasteiger partial charge in [-0.15, -0.1) is 5.10 Å². The van der Waals surface area contributed by atoms with Gasteiger partial charge in [-0.05, 0) is 98.5 Å². The second kappa shape index (κ2) is 13.0. The number of aromatic nitrogens is 4. The summed E-state index contributed by atoms with van der Waals surface area (Å²) in [6, 6.07) is 2.69. The van der Waals surface area contributed by atoms with Gasteiger partial charge in [-0.3, -0.25) is 0 Å². The lowest BCUT2D eigenvalue weighted by Gasteiger charge is -2.33. The monoisotopic (exact) mass is 656 g/mol. The Morgan fingerprint density at radius 3 is 2.35 bits per heavy atom. The fourth-order valence-corrected chi connectivity index (χ4v) is 6.13. The summed E-state index contributed by atoms with van der Waals surface area (Å²) in [5.41, 5.74) is 1.12. The molecule has 0 saturated carbocycles. The van der Waals surface area contributed by atoms with Crippen molar-refractivity contribution < 1.29 is 45.8 Å². The zero-order chi connectivity index (χ0) is 33.4. The highest BCUT2D eigenvalue weighted by atomic mass is 19.4. The van der Waals surface area contributed by atoms with Crippen LogP contribution in [-0.2, 0) is 47.9 Å². The Kier molecular flexibility index (Phi) is 9.38. The average molecular weight is 657 g/mol. The number of aryl methyl sites for hydroxylation is 1. The molecule has 0 radical (unpaired) electrons. The van der Waals surface area contributed by atoms with Crippen molar-refractivity contribution in [3.05, 3.63) is 63.2 Å². The molecule has 2 heterocycles. The van der Waals surface area contributed by atoms with Gasteiger partial charge in [0, 0.05) is 12.1 Å². The minimum absolute atomic E-state index is 0.0317. The van der Waals surface area contributed by atoms with Crippen LogP contribution in [-0.4, -0.2) is 50.7 Å². The van der Waals surface area contributed by atoms with Crippen molar-refractivity contribution in [3.63, 3.8) is 0 Å². The Bertz CT molecular complexity index is 1540. The van der Waals surface area contributed by atoms with Crippen LogP contribution >= 0.6 is 0 Å². The van der Waals surface area contributed by atoms with E-state index < -0.39 is 48.3 Å². The van der Waals surface area contributed by atoms with Crippen LogP contribution < -0.4 is 9.96 Å². The van der Waals surface area contributed by atoms with Gasteiger partial charge in [-0.1, -0.05) is 11.2 Å². The Balaban J connectivity index is 1.66. The molecule has 3 aromatic rings. The molecule has 1 atom stereocenters. The second-order valence-electron chi connectivity index (χ2n) is 11.7. The molecule has 0 fully saturated rings. The first-order chi connectivity index (χ1) is 21.7. The number of hydroxylamine groups is 1. The summed E-state index contributed by atoms with van der Waals surface area (Å²) in [7, 11) is 0. The molecule has 1 N–H and O–H groups in total. The van der Waals surface area contributed by atoms with Crippen molar-refractivity contribution in [2.24, 2.45) is 0 Å². The number of nitrogens with zero attached hydrogens (tertiary/aromatic N) is 6. The number of rotatable bonds is 8. The molecule has 2 aromatic carbocycles. The number of aliphatic hydroxyl groups excluding tert-OH is 1. The van der Waals surface area contributed by atoms with E-state index in [0.717, 1.165) is 34.3 Å². The first kappa shape index (κ1) is 33.3. The van der Waals surface area contributed by atoms with E-state index >= 15 is 0 Å². The van der Waals surface area contributed by atoms with Crippen molar-refractivity contribution in [2.45, 2.75) is 90.5 Å². The third-order valence-electron chi connectivity index (χ3n) is 7.96. The third kappa shape index (κ3) is 7.16. The van der Waals surface area contributed by atoms with Gasteiger partial charge in [0.2, 0.25) is 0 Å². The molecule has 10 nitrogen and oxygen atoms in total. The van der Waals surface area contributed by atoms with E-state index in [1.54, 1.807) is 13.8 Å². The predicted molar refractivity (Wildman–Crippen MR) is 153 cm³/mol. The maximum absolute atomic E-state index is 13.8. The summed E-state index contributed by atoms with van der Waals surface area (Å²) in [5.74, 6) is -0.0536. The minimum atomic E-state index is -5.03. The van der Waals surface area contributed by atoms with Crippen LogP contribution in [0.2, 0.25) is 0 Å². The second-order valence-corrected chi connectivity index (χ2v) is 11.7. The van der Waals surface area contributed by atoms with Crippen LogP contribution in [0.25, 0.3) is 0 Å². The van der Waals surface area contributed by atoms with E-state index in [9.17, 15) is 36.2 Å². The molecule has 0 saturated heterocycles. The molecule has 16 heteroatoms. The van der Waals surface area contributed by atoms with Gasteiger partial charge in [0.05, 0.1) is 48.7 Å². The summed E-state index contributed by atoms with van der Waals surface area (Å²) < 4.78 is 88.0. The number of ether oxygens (including phenoxy) is 1. The fraction of sp³-hybridized carbons (Fsp3) is 0.533. The maximum atomic E-state index is 13.8. The van der Waals surface area contributed by atoms with Crippen LogP contribution in [0.4, 0.5) is 42.8 Å². The number of hydrogen-bond acceptors (Lipinski definition) is 9. The molecule has 0 amide bonds. The van der Waals surface area contributed by atoms with Gasteiger partial charge in [0.1, 0.15) is 0 Å². The average Bonchev–Trinajstić information content (AvgIpc) is 3.60. The van der Waals surface area contributed by atoms with Crippen molar-refractivity contribution in [1.29, 1.82) is 0 Å². The number of carbonyl (C=O) groups is 1. The Morgan fingerprint density at radius 1 is 1.04 bits per heavy atom. The van der Waals surface area contributed by atoms with E-state index in [1.165, 1.54) is 9.96 Å². The number of benzene rings is 2. The molecule has 0 spiro atoms. The van der Waals surface area contributed by atoms with Crippen LogP contribution in [0.3, 0.4) is 0 Å². The molecule has 1 aliphatic carbocycles. The number of fused-ring (bicyclic) bond motifs is 3. The highest BCUT2D eigenvalue weighted by Crippen LogP contribution is 2.46. The summed E-state index contributed by atoms with van der Waals surface area (Å²) >= 11 is 0. The zero-order valence-electron chi connectivity index (χ0n) is 25.5. The molecular weight excluding hydrogens is 622 g/mol. The quantitative estimate of drug-likeness (QED) is 0.220. The highest BCUT2D eigenvalue weighted by Gasteiger charge is 2.39. The minimum Gasteiger partial charge on any atom is -0.430 e. The van der Waals surface area contributed by atoms with Gasteiger partial charge < -0.3 is 19.6 Å². The first-order valence-electron chi connectivity index (χ1n) is 14.9. The molecule has 2 aliphatic rings. The lowest BCUT2D eigenvalue weighted by Crippen LogP contribution is -2.32. The first-order valence-corrected chi connectivity index (χ1v) is 14.9. The van der Waals surface area contributed by atoms with Crippen molar-refractivity contribution in [2.75, 3.05) is 23.1 Å². The number of tetrazole rings is 1. The largest absolute Gasteiger partial charge is 0.533 e. The van der Waals surface area contributed by atoms with Gasteiger partial charge in [0.15, 0.2) is 0 Å². The SMILES string of the molecule is Cc1cc2c(c3c1CCC3)N(OC(=O)OC(C)C)CCC[C@@H]2N(Cc1cc(C(F)(F)F)cc(C(F)(F)F)c1)c1nnn(CCO)n1. The highest BCUT2D eigenvalue weighted by molar-refractivity contribution is 5.70. The Morgan fingerprint density at radius 2 is 1.72 bits per heavy atom. The number of hydrogen-bond donors (Lipinski definition) is 1. The third-order valence-corrected chi connectivity index (χ3v) is 7.96. The number of alkyl halides is 6. The standard InChI is InChI=1S/C30H34F6N6O4/c1-17(2)45-28(44)46-41-9-5-8-25(24-12-18(3)22-6-4-7-23(22)26(24)41)40(27-37-39-42(38-27)10-11-43)16-19-13-20(29(31,32)33)15-21(14-19)30(34,35)36/h12-15,17,25,43H,4-11,16H2,1-3H3/t25-/m0/s1. The van der Waals surface area contributed by atoms with Gasteiger partial charge in [-0.25, -0.2) is 9.86 Å². The lowest BCUT2D eigenvalue weighted by molar-refractivity contribution is -0.143. The predicted octanol–water partition coefficient (Wildman–Crippen LogP) is 6.32. The van der Waals surface area contributed by atoms with Crippen molar-refractivity contribution in [1.82, 2.24) is 20.2 Å². The summed E-state index contributed by atoms with van der Waals surface area (Å²) in [6.45, 7) is 4.77. The molecule has 0 bridgehead atoms. The molecule has 250 valence electrons. The Hall–Kier alpha value is -4.08. The lowest BCUT2D eigenvalue weighted by atomic mass is 9.92. The number of anilines is 2. The van der Waals surface area contributed by atoms with Crippen LogP contribution in [0.15, 0.2) is 24.3 Å². The van der Waals surface area contributed by atoms with Crippen LogP contribution in [0.5, 0.6) is 0 Å². The van der Waals surface area contributed by atoms with E-state index in [-0.39, 0.29) is 37.3 Å². The van der Waals surface area contributed by atoms with E-state index in [1.807, 2.05) is 13.0 Å².